The number of nitrogens with two attached hydrogens (primary N) is 2. The molecule has 5 rings (SSSR count). The number of likely N-dealkylation sites (tertiary alicyclic amines) is 2. The summed E-state index contributed by atoms with van der Waals surface area (Å²) in [7, 11) is 0. The highest BCUT2D eigenvalue weighted by Crippen LogP contribution is 2.36. The summed E-state index contributed by atoms with van der Waals surface area (Å²) < 4.78 is 5.96. The van der Waals surface area contributed by atoms with Gasteiger partial charge in [0.15, 0.2) is 5.88 Å². The minimum Gasteiger partial charge on any atom is -0.481 e. The lowest BCUT2D eigenvalue weighted by Gasteiger charge is -2.31. The highest BCUT2D eigenvalue weighted by molar-refractivity contribution is 6.35. The molecule has 3 saturated heterocycles. The van der Waals surface area contributed by atoms with E-state index < -0.39 is 5.97 Å². The van der Waals surface area contributed by atoms with Crippen LogP contribution in [-0.2, 0) is 11.3 Å². The highest BCUT2D eigenvalue weighted by Gasteiger charge is 2.52. The third-order valence-corrected chi connectivity index (χ3v) is 8.43. The van der Waals surface area contributed by atoms with Gasteiger partial charge in [-0.3, -0.25) is 14.6 Å². The van der Waals surface area contributed by atoms with Crippen molar-refractivity contribution in [2.45, 2.75) is 44.8 Å². The van der Waals surface area contributed by atoms with Gasteiger partial charge in [-0.2, -0.15) is 0 Å². The van der Waals surface area contributed by atoms with Crippen LogP contribution < -0.4 is 16.2 Å². The maximum Gasteiger partial charge on any atom is 0.303 e. The van der Waals surface area contributed by atoms with Crippen LogP contribution in [0.5, 0.6) is 5.88 Å². The predicted octanol–water partition coefficient (Wildman–Crippen LogP) is 4.11. The molecule has 3 fully saturated rings. The highest BCUT2D eigenvalue weighted by atomic mass is 35.5. The molecule has 214 valence electrons. The number of piperazine rings is 1. The number of carbonyl (C=O) groups is 1. The van der Waals surface area contributed by atoms with Gasteiger partial charge in [0.25, 0.3) is 0 Å². The first kappa shape index (κ1) is 28.5. The number of fused-ring (bicyclic) bond motifs is 1. The number of ether oxygens (including phenoxy) is 1. The standard InChI is InChI=1S/C29H36Cl2N6O3/c1-2-37-24-16-36(17-25(24)37)26(32)3-4-27(33)40-28-10-19(15-35-7-5-18(6-8-35)11-29(38)39)9-23(34-28)20-12-21(30)14-22(31)13-20/h3-4,9-10,12-14,18,24-25H,2,5-8,11,15-17,32-33H2,1H3,(H,38,39)/b26-3+,27-4+/t24-,25?,37?/m1/s1. The van der Waals surface area contributed by atoms with Gasteiger partial charge in [-0.25, -0.2) is 4.98 Å². The van der Waals surface area contributed by atoms with Crippen LogP contribution in [0.2, 0.25) is 10.0 Å². The SMILES string of the molecule is CCN1C2CN(/C(N)=C/C=C(\N)Oc3cc(CN4CCC(CC(=O)O)CC4)cc(-c4cc(Cl)cc(Cl)c4)n3)C[C@H]21. The molecule has 0 spiro atoms. The monoisotopic (exact) mass is 586 g/mol. The second kappa shape index (κ2) is 12.3. The minimum absolute atomic E-state index is 0.178. The van der Waals surface area contributed by atoms with Crippen LogP contribution in [0.25, 0.3) is 11.3 Å². The zero-order valence-electron chi connectivity index (χ0n) is 22.6. The molecular formula is C29H36Cl2N6O3. The number of rotatable bonds is 10. The number of nitrogens with zero attached hydrogens (tertiary/aromatic N) is 4. The van der Waals surface area contributed by atoms with Crippen molar-refractivity contribution in [1.29, 1.82) is 0 Å². The predicted molar refractivity (Wildman–Crippen MR) is 157 cm³/mol. The number of benzene rings is 1. The molecule has 0 aliphatic carbocycles. The molecule has 1 aromatic carbocycles. The fourth-order valence-electron chi connectivity index (χ4n) is 5.89. The first-order chi connectivity index (χ1) is 19.2. The van der Waals surface area contributed by atoms with Crippen LogP contribution in [0.1, 0.15) is 31.7 Å². The van der Waals surface area contributed by atoms with E-state index >= 15 is 0 Å². The number of carboxylic acid groups (broad SMARTS) is 1. The van der Waals surface area contributed by atoms with Crippen LogP contribution in [0.4, 0.5) is 0 Å². The number of hydrogen-bond donors (Lipinski definition) is 3. The van der Waals surface area contributed by atoms with E-state index in [9.17, 15) is 4.79 Å². The van der Waals surface area contributed by atoms with E-state index in [2.05, 4.69) is 26.6 Å². The van der Waals surface area contributed by atoms with Gasteiger partial charge in [-0.15, -0.1) is 0 Å². The molecule has 0 radical (unpaired) electrons. The van der Waals surface area contributed by atoms with Gasteiger partial charge < -0.3 is 26.2 Å². The molecule has 3 aliphatic rings. The fourth-order valence-corrected chi connectivity index (χ4v) is 6.41. The summed E-state index contributed by atoms with van der Waals surface area (Å²) >= 11 is 12.5. The van der Waals surface area contributed by atoms with Gasteiger partial charge in [0.2, 0.25) is 5.88 Å². The lowest BCUT2D eigenvalue weighted by molar-refractivity contribution is -0.138. The van der Waals surface area contributed by atoms with Crippen molar-refractivity contribution in [3.05, 3.63) is 69.8 Å². The Bertz CT molecular complexity index is 1280. The Balaban J connectivity index is 1.31. The van der Waals surface area contributed by atoms with E-state index in [1.54, 1.807) is 18.2 Å². The van der Waals surface area contributed by atoms with Gasteiger partial charge in [0.1, 0.15) is 0 Å². The smallest absolute Gasteiger partial charge is 0.303 e. The minimum atomic E-state index is -0.735. The van der Waals surface area contributed by atoms with Crippen molar-refractivity contribution in [2.75, 3.05) is 32.7 Å². The zero-order valence-corrected chi connectivity index (χ0v) is 24.1. The molecule has 11 heteroatoms. The molecule has 9 nitrogen and oxygen atoms in total. The molecule has 40 heavy (non-hydrogen) atoms. The normalized spacial score (nSPS) is 23.8. The molecular weight excluding hydrogens is 551 g/mol. The first-order valence-corrected chi connectivity index (χ1v) is 14.5. The number of aromatic nitrogens is 1. The number of aliphatic carboxylic acids is 1. The molecule has 4 heterocycles. The second-order valence-electron chi connectivity index (χ2n) is 10.8. The van der Waals surface area contributed by atoms with E-state index in [0.717, 1.165) is 56.7 Å². The Morgan fingerprint density at radius 2 is 1.75 bits per heavy atom. The van der Waals surface area contributed by atoms with Gasteiger partial charge in [-0.1, -0.05) is 30.1 Å². The summed E-state index contributed by atoms with van der Waals surface area (Å²) in [6.45, 7) is 7.44. The van der Waals surface area contributed by atoms with Gasteiger partial charge >= 0.3 is 5.97 Å². The summed E-state index contributed by atoms with van der Waals surface area (Å²) in [5.41, 5.74) is 15.0. The Labute approximate surface area is 245 Å². The number of pyridine rings is 1. The molecule has 3 atom stereocenters. The molecule has 5 N–H and O–H groups in total. The molecule has 2 aromatic rings. The summed E-state index contributed by atoms with van der Waals surface area (Å²) in [6.07, 6.45) is 5.38. The van der Waals surface area contributed by atoms with Gasteiger partial charge in [0.05, 0.1) is 11.5 Å². The Hall–Kier alpha value is -2.98. The number of halogens is 2. The maximum absolute atomic E-state index is 11.1. The van der Waals surface area contributed by atoms with Crippen LogP contribution in [0.3, 0.4) is 0 Å². The summed E-state index contributed by atoms with van der Waals surface area (Å²) in [5, 5.41) is 10.1. The molecule has 2 unspecified atom stereocenters. The van der Waals surface area contributed by atoms with Crippen LogP contribution in [0.15, 0.2) is 54.2 Å². The quantitative estimate of drug-likeness (QED) is 0.214. The van der Waals surface area contributed by atoms with E-state index in [0.29, 0.717) is 46.1 Å². The number of piperidine rings is 1. The van der Waals surface area contributed by atoms with Crippen LogP contribution in [-0.4, -0.2) is 75.6 Å². The number of allylic oxidation sites excluding steroid dienone is 2. The molecule has 1 aromatic heterocycles. The van der Waals surface area contributed by atoms with Crippen molar-refractivity contribution in [2.24, 2.45) is 17.4 Å². The largest absolute Gasteiger partial charge is 0.481 e. The number of likely N-dealkylation sites (N-methyl/N-ethyl adjacent to an activating group) is 1. The van der Waals surface area contributed by atoms with E-state index in [4.69, 9.17) is 44.5 Å². The van der Waals surface area contributed by atoms with E-state index in [1.807, 2.05) is 24.3 Å². The van der Waals surface area contributed by atoms with Crippen molar-refractivity contribution in [3.8, 4) is 17.1 Å². The average molecular weight is 588 g/mol. The number of hydrogen-bond acceptors (Lipinski definition) is 8. The first-order valence-electron chi connectivity index (χ1n) is 13.7. The van der Waals surface area contributed by atoms with Crippen molar-refractivity contribution in [3.63, 3.8) is 0 Å². The lowest BCUT2D eigenvalue weighted by Crippen LogP contribution is -2.33. The maximum atomic E-state index is 11.1. The molecule has 0 bridgehead atoms. The zero-order chi connectivity index (χ0) is 28.4. The topological polar surface area (TPSA) is 121 Å². The lowest BCUT2D eigenvalue weighted by atomic mass is 9.93. The Morgan fingerprint density at radius 3 is 2.38 bits per heavy atom. The Morgan fingerprint density at radius 1 is 1.07 bits per heavy atom. The Kier molecular flexibility index (Phi) is 8.75. The van der Waals surface area contributed by atoms with Crippen molar-refractivity contribution in [1.82, 2.24) is 19.7 Å². The summed E-state index contributed by atoms with van der Waals surface area (Å²) in [4.78, 5) is 22.7. The summed E-state index contributed by atoms with van der Waals surface area (Å²) in [5.74, 6) is 0.679. The van der Waals surface area contributed by atoms with E-state index in [-0.39, 0.29) is 18.2 Å². The second-order valence-corrected chi connectivity index (χ2v) is 11.7. The van der Waals surface area contributed by atoms with Crippen molar-refractivity contribution >= 4 is 29.2 Å². The van der Waals surface area contributed by atoms with Crippen molar-refractivity contribution < 1.29 is 14.6 Å². The fraction of sp³-hybridized carbons (Fsp3) is 0.448. The average Bonchev–Trinajstić information content (AvgIpc) is 3.37. The van der Waals surface area contributed by atoms with Crippen LogP contribution >= 0.6 is 23.2 Å². The number of carboxylic acids is 1. The van der Waals surface area contributed by atoms with Gasteiger partial charge in [-0.05, 0) is 74.3 Å². The van der Waals surface area contributed by atoms with Crippen LogP contribution in [0, 0.1) is 5.92 Å². The third-order valence-electron chi connectivity index (χ3n) is 7.99. The van der Waals surface area contributed by atoms with E-state index in [1.165, 1.54) is 0 Å². The molecule has 0 saturated carbocycles. The molecule has 0 amide bonds. The third kappa shape index (κ3) is 7.01. The molecule has 3 aliphatic heterocycles. The van der Waals surface area contributed by atoms with Gasteiger partial charge in [0, 0.05) is 65.9 Å². The summed E-state index contributed by atoms with van der Waals surface area (Å²) in [6, 6.07) is 10.4.